The zero-order chi connectivity index (χ0) is 14.8. The first-order valence-electron chi connectivity index (χ1n) is 6.26. The topological polar surface area (TPSA) is 81.2 Å². The quantitative estimate of drug-likeness (QED) is 0.715. The van der Waals surface area contributed by atoms with Crippen molar-refractivity contribution in [2.24, 2.45) is 5.92 Å². The first kappa shape index (κ1) is 16.4. The molecule has 2 unspecified atom stereocenters. The zero-order valence-corrected chi connectivity index (χ0v) is 12.7. The number of likely N-dealkylation sites (N-methyl/N-ethyl adjacent to an activating group) is 1. The first-order valence-corrected chi connectivity index (χ1v) is 7.65. The van der Waals surface area contributed by atoms with Crippen LogP contribution in [-0.4, -0.2) is 79.8 Å². The average molecular weight is 293 g/mol. The van der Waals surface area contributed by atoms with Gasteiger partial charge >= 0.3 is 5.97 Å². The number of carboxylic acids is 1. The summed E-state index contributed by atoms with van der Waals surface area (Å²) in [6.07, 6.45) is -0.184. The zero-order valence-electron chi connectivity index (χ0n) is 11.9. The van der Waals surface area contributed by atoms with E-state index in [2.05, 4.69) is 0 Å². The maximum Gasteiger partial charge on any atom is 0.304 e. The summed E-state index contributed by atoms with van der Waals surface area (Å²) in [6, 6.07) is 0.197. The SMILES string of the molecule is CC1CN(S(=O)(=O)N(C)CCC(=O)O)CC1N(C)C. The molecule has 2 atom stereocenters. The summed E-state index contributed by atoms with van der Waals surface area (Å²) in [6.45, 7) is 2.95. The molecule has 0 saturated carbocycles. The van der Waals surface area contributed by atoms with Gasteiger partial charge in [0.05, 0.1) is 6.42 Å². The molecule has 1 rings (SSSR count). The Kier molecular flexibility index (Phi) is 5.31. The summed E-state index contributed by atoms with van der Waals surface area (Å²) in [7, 11) is 1.74. The second kappa shape index (κ2) is 6.17. The highest BCUT2D eigenvalue weighted by Crippen LogP contribution is 2.23. The molecule has 0 aliphatic carbocycles. The Morgan fingerprint density at radius 2 is 1.89 bits per heavy atom. The van der Waals surface area contributed by atoms with E-state index in [4.69, 9.17) is 5.11 Å². The van der Waals surface area contributed by atoms with E-state index < -0.39 is 16.2 Å². The van der Waals surface area contributed by atoms with Crippen LogP contribution in [0.2, 0.25) is 0 Å². The number of hydrogen-bond acceptors (Lipinski definition) is 4. The fourth-order valence-corrected chi connectivity index (χ4v) is 3.81. The van der Waals surface area contributed by atoms with Crippen molar-refractivity contribution >= 4 is 16.2 Å². The standard InChI is InChI=1S/C11H23N3O4S/c1-9-7-14(8-10(9)12(2)3)19(17,18)13(4)6-5-11(15)16/h9-10H,5-8H2,1-4H3,(H,15,16). The van der Waals surface area contributed by atoms with Gasteiger partial charge in [-0.1, -0.05) is 6.92 Å². The van der Waals surface area contributed by atoms with Crippen LogP contribution in [0.1, 0.15) is 13.3 Å². The van der Waals surface area contributed by atoms with Crippen molar-refractivity contribution in [3.05, 3.63) is 0 Å². The van der Waals surface area contributed by atoms with Gasteiger partial charge in [0.25, 0.3) is 10.2 Å². The minimum atomic E-state index is -3.56. The van der Waals surface area contributed by atoms with Crippen molar-refractivity contribution in [1.29, 1.82) is 0 Å². The third-order valence-electron chi connectivity index (χ3n) is 3.56. The number of rotatable bonds is 6. The Morgan fingerprint density at radius 3 is 2.32 bits per heavy atom. The van der Waals surface area contributed by atoms with Crippen LogP contribution in [0.15, 0.2) is 0 Å². The normalized spacial score (nSPS) is 25.4. The molecule has 1 heterocycles. The summed E-state index contributed by atoms with van der Waals surface area (Å²) in [5.41, 5.74) is 0. The van der Waals surface area contributed by atoms with Gasteiger partial charge in [-0.2, -0.15) is 17.0 Å². The van der Waals surface area contributed by atoms with Gasteiger partial charge in [0, 0.05) is 32.7 Å². The van der Waals surface area contributed by atoms with E-state index in [0.717, 1.165) is 4.31 Å². The molecule has 0 amide bonds. The fourth-order valence-electron chi connectivity index (χ4n) is 2.33. The number of aliphatic carboxylic acids is 1. The van der Waals surface area contributed by atoms with E-state index in [1.807, 2.05) is 25.9 Å². The minimum Gasteiger partial charge on any atom is -0.481 e. The summed E-state index contributed by atoms with van der Waals surface area (Å²) in [5.74, 6) is -0.736. The lowest BCUT2D eigenvalue weighted by molar-refractivity contribution is -0.137. The Hall–Kier alpha value is -0.700. The number of carboxylic acid groups (broad SMARTS) is 1. The molecule has 19 heavy (non-hydrogen) atoms. The lowest BCUT2D eigenvalue weighted by atomic mass is 10.1. The average Bonchev–Trinajstić information content (AvgIpc) is 2.68. The largest absolute Gasteiger partial charge is 0.481 e. The molecule has 7 nitrogen and oxygen atoms in total. The molecule has 112 valence electrons. The first-order chi connectivity index (χ1) is 8.66. The van der Waals surface area contributed by atoms with Gasteiger partial charge in [-0.15, -0.1) is 0 Å². The predicted octanol–water partition coefficient (Wildman–Crippen LogP) is -0.480. The maximum atomic E-state index is 12.3. The number of hydrogen-bond donors (Lipinski definition) is 1. The van der Waals surface area contributed by atoms with Crippen LogP contribution >= 0.6 is 0 Å². The van der Waals surface area contributed by atoms with Crippen molar-refractivity contribution in [3.63, 3.8) is 0 Å². The molecular formula is C11H23N3O4S. The summed E-state index contributed by atoms with van der Waals surface area (Å²) < 4.78 is 27.2. The fraction of sp³-hybridized carbons (Fsp3) is 0.909. The Morgan fingerprint density at radius 1 is 1.32 bits per heavy atom. The van der Waals surface area contributed by atoms with Crippen molar-refractivity contribution in [3.8, 4) is 0 Å². The summed E-state index contributed by atoms with van der Waals surface area (Å²) in [5, 5.41) is 8.61. The predicted molar refractivity (Wildman–Crippen MR) is 72.0 cm³/mol. The van der Waals surface area contributed by atoms with E-state index in [1.165, 1.54) is 11.4 Å². The third kappa shape index (κ3) is 3.88. The van der Waals surface area contributed by atoms with E-state index >= 15 is 0 Å². The molecule has 8 heteroatoms. The molecule has 0 aromatic heterocycles. The maximum absolute atomic E-state index is 12.3. The van der Waals surface area contributed by atoms with Gasteiger partial charge in [-0.3, -0.25) is 4.79 Å². The van der Waals surface area contributed by atoms with Crippen LogP contribution in [-0.2, 0) is 15.0 Å². The Bertz CT molecular complexity index is 424. The molecule has 1 aliphatic heterocycles. The van der Waals surface area contributed by atoms with E-state index in [9.17, 15) is 13.2 Å². The third-order valence-corrected chi connectivity index (χ3v) is 5.48. The van der Waals surface area contributed by atoms with Gasteiger partial charge in [0.2, 0.25) is 0 Å². The van der Waals surface area contributed by atoms with Crippen LogP contribution in [0.4, 0.5) is 0 Å². The van der Waals surface area contributed by atoms with Crippen molar-refractivity contribution in [1.82, 2.24) is 13.5 Å². The van der Waals surface area contributed by atoms with Gasteiger partial charge in [-0.25, -0.2) is 0 Å². The van der Waals surface area contributed by atoms with Gasteiger partial charge in [-0.05, 0) is 20.0 Å². The molecule has 1 aliphatic rings. The summed E-state index contributed by atoms with van der Waals surface area (Å²) in [4.78, 5) is 12.5. The van der Waals surface area contributed by atoms with Crippen LogP contribution in [0.5, 0.6) is 0 Å². The highest BCUT2D eigenvalue weighted by molar-refractivity contribution is 7.86. The molecule has 1 fully saturated rings. The molecule has 0 bridgehead atoms. The van der Waals surface area contributed by atoms with Crippen LogP contribution in [0, 0.1) is 5.92 Å². The molecule has 0 radical (unpaired) electrons. The highest BCUT2D eigenvalue weighted by atomic mass is 32.2. The molecule has 0 spiro atoms. The molecular weight excluding hydrogens is 270 g/mol. The van der Waals surface area contributed by atoms with Crippen LogP contribution < -0.4 is 0 Å². The molecule has 0 aromatic rings. The van der Waals surface area contributed by atoms with Gasteiger partial charge in [0.1, 0.15) is 0 Å². The molecule has 0 aromatic carbocycles. The monoisotopic (exact) mass is 293 g/mol. The summed E-state index contributed by atoms with van der Waals surface area (Å²) >= 11 is 0. The highest BCUT2D eigenvalue weighted by Gasteiger charge is 2.39. The Balaban J connectivity index is 2.71. The van der Waals surface area contributed by atoms with E-state index in [1.54, 1.807) is 0 Å². The van der Waals surface area contributed by atoms with Crippen LogP contribution in [0.3, 0.4) is 0 Å². The van der Waals surface area contributed by atoms with Gasteiger partial charge < -0.3 is 10.0 Å². The second-order valence-electron chi connectivity index (χ2n) is 5.30. The van der Waals surface area contributed by atoms with Crippen molar-refractivity contribution < 1.29 is 18.3 Å². The van der Waals surface area contributed by atoms with E-state index in [-0.39, 0.29) is 24.9 Å². The molecule has 1 N–H and O–H groups in total. The lowest BCUT2D eigenvalue weighted by Gasteiger charge is -2.25. The second-order valence-corrected chi connectivity index (χ2v) is 7.33. The minimum absolute atomic E-state index is 0.00478. The van der Waals surface area contributed by atoms with Crippen molar-refractivity contribution in [2.75, 3.05) is 40.8 Å². The molecule has 1 saturated heterocycles. The lowest BCUT2D eigenvalue weighted by Crippen LogP contribution is -2.42. The van der Waals surface area contributed by atoms with Crippen LogP contribution in [0.25, 0.3) is 0 Å². The number of nitrogens with zero attached hydrogens (tertiary/aromatic N) is 3. The Labute approximate surface area is 115 Å². The van der Waals surface area contributed by atoms with Crippen molar-refractivity contribution in [2.45, 2.75) is 19.4 Å². The number of carbonyl (C=O) groups is 1. The smallest absolute Gasteiger partial charge is 0.304 e. The van der Waals surface area contributed by atoms with Gasteiger partial charge in [0.15, 0.2) is 0 Å². The van der Waals surface area contributed by atoms with E-state index in [0.29, 0.717) is 13.1 Å².